The molecule has 0 aliphatic rings. The van der Waals surface area contributed by atoms with Crippen molar-refractivity contribution in [1.29, 1.82) is 0 Å². The van der Waals surface area contributed by atoms with E-state index < -0.39 is 5.97 Å². The smallest absolute Gasteiger partial charge is 0.0414 e. The van der Waals surface area contributed by atoms with E-state index in [-0.39, 0.29) is 33.7 Å². The Morgan fingerprint density at radius 3 is 1.19 bits per heavy atom. The van der Waals surface area contributed by atoms with Crippen LogP contribution in [0.4, 0.5) is 0 Å². The van der Waals surface area contributed by atoms with E-state index in [9.17, 15) is 9.90 Å². The number of hydrogen-bond donors (Lipinski definition) is 0. The summed E-state index contributed by atoms with van der Waals surface area (Å²) in [6.07, 6.45) is 19.9. The van der Waals surface area contributed by atoms with Gasteiger partial charge in [0, 0.05) is 33.3 Å². The van der Waals surface area contributed by atoms with E-state index >= 15 is 0 Å². The molecule has 0 aromatic heterocycles. The van der Waals surface area contributed by atoms with Crippen molar-refractivity contribution < 1.29 is 9.90 Å². The summed E-state index contributed by atoms with van der Waals surface area (Å²) in [5.74, 6) is -0.903. The number of rotatable bonds is 16. The van der Waals surface area contributed by atoms with E-state index in [1.807, 2.05) is 0 Å². The van der Waals surface area contributed by atoms with Crippen LogP contribution in [0, 0.1) is 0 Å². The Kier molecular flexibility index (Phi) is 23.0. The van der Waals surface area contributed by atoms with E-state index in [1.54, 1.807) is 0 Å². The first kappa shape index (κ1) is 23.7. The van der Waals surface area contributed by atoms with Crippen LogP contribution in [0.15, 0.2) is 0 Å². The molecule has 124 valence electrons. The van der Waals surface area contributed by atoms with Gasteiger partial charge in [-0.05, 0) is 12.8 Å². The summed E-state index contributed by atoms with van der Waals surface area (Å²) in [5.41, 5.74) is 0. The van der Waals surface area contributed by atoms with Crippen LogP contribution in [-0.4, -0.2) is 33.3 Å². The molecule has 2 nitrogen and oxygen atoms in total. The summed E-state index contributed by atoms with van der Waals surface area (Å²) in [6, 6.07) is 0. The van der Waals surface area contributed by atoms with Gasteiger partial charge in [-0.3, -0.25) is 0 Å². The molecule has 0 fully saturated rings. The molecular weight excluding hydrogens is 455 g/mol. The Morgan fingerprint density at radius 2 is 0.905 bits per heavy atom. The number of carbonyl (C=O) groups is 1. The minimum atomic E-state index is -0.903. The Labute approximate surface area is 152 Å². The van der Waals surface area contributed by atoms with Crippen LogP contribution in [0.2, 0.25) is 0 Å². The number of unbranched alkanes of at least 4 members (excludes halogenated alkanes) is 14. The molecule has 0 aliphatic carbocycles. The molecule has 0 rings (SSSR count). The van der Waals surface area contributed by atoms with Crippen molar-refractivity contribution >= 4 is 33.3 Å². The minimum Gasteiger partial charge on any atom is -0.550 e. The van der Waals surface area contributed by atoms with Crippen molar-refractivity contribution in [2.45, 2.75) is 110 Å². The van der Waals surface area contributed by atoms with Crippen LogP contribution in [0.1, 0.15) is 110 Å². The number of aliphatic carboxylic acids is 1. The van der Waals surface area contributed by atoms with Crippen molar-refractivity contribution in [2.75, 3.05) is 0 Å². The molecule has 0 unspecified atom stereocenters. The van der Waals surface area contributed by atoms with Crippen molar-refractivity contribution in [2.24, 2.45) is 0 Å². The van der Waals surface area contributed by atoms with Gasteiger partial charge < -0.3 is 9.90 Å². The second-order valence-electron chi connectivity index (χ2n) is 6.07. The SMILES string of the molecule is CCCCCCCCCCCCCCCCCC(=O)[O-].[Pb]. The van der Waals surface area contributed by atoms with Gasteiger partial charge in [0.25, 0.3) is 0 Å². The molecule has 21 heavy (non-hydrogen) atoms. The maximum Gasteiger partial charge on any atom is 0.0414 e. The summed E-state index contributed by atoms with van der Waals surface area (Å²) in [5, 5.41) is 10.2. The topological polar surface area (TPSA) is 40.1 Å². The summed E-state index contributed by atoms with van der Waals surface area (Å²) < 4.78 is 0. The molecule has 0 atom stereocenters. The Morgan fingerprint density at radius 1 is 0.619 bits per heavy atom. The van der Waals surface area contributed by atoms with Crippen molar-refractivity contribution in [1.82, 2.24) is 0 Å². The zero-order chi connectivity index (χ0) is 14.9. The van der Waals surface area contributed by atoms with Gasteiger partial charge in [-0.25, -0.2) is 0 Å². The number of carboxylic acid groups (broad SMARTS) is 1. The van der Waals surface area contributed by atoms with Crippen LogP contribution < -0.4 is 5.11 Å². The van der Waals surface area contributed by atoms with Crippen LogP contribution in [0.3, 0.4) is 0 Å². The van der Waals surface area contributed by atoms with Gasteiger partial charge in [-0.2, -0.15) is 0 Å². The quantitative estimate of drug-likeness (QED) is 0.234. The normalized spacial score (nSPS) is 10.3. The van der Waals surface area contributed by atoms with Gasteiger partial charge in [0.15, 0.2) is 0 Å². The van der Waals surface area contributed by atoms with E-state index in [0.717, 1.165) is 12.8 Å². The molecule has 0 N–H and O–H groups in total. The average molecular weight is 491 g/mol. The summed E-state index contributed by atoms with van der Waals surface area (Å²) in [6.45, 7) is 2.27. The third-order valence-electron chi connectivity index (χ3n) is 3.98. The van der Waals surface area contributed by atoms with E-state index in [0.29, 0.717) is 0 Å². The molecule has 0 bridgehead atoms. The largest absolute Gasteiger partial charge is 0.550 e. The molecule has 0 aromatic rings. The van der Waals surface area contributed by atoms with Gasteiger partial charge in [-0.1, -0.05) is 96.8 Å². The van der Waals surface area contributed by atoms with Gasteiger partial charge in [-0.15, -0.1) is 0 Å². The predicted octanol–water partition coefficient (Wildman–Crippen LogP) is 4.62. The number of carbonyl (C=O) groups excluding carboxylic acids is 1. The molecular formula is C18H35O2Pb-. The first-order valence-electron chi connectivity index (χ1n) is 8.97. The summed E-state index contributed by atoms with van der Waals surface area (Å²) in [7, 11) is 0. The fourth-order valence-corrected chi connectivity index (χ4v) is 2.64. The fraction of sp³-hybridized carbons (Fsp3) is 0.944. The van der Waals surface area contributed by atoms with Gasteiger partial charge in [0.1, 0.15) is 0 Å². The van der Waals surface area contributed by atoms with Gasteiger partial charge >= 0.3 is 0 Å². The average Bonchev–Trinajstić information content (AvgIpc) is 2.43. The number of hydrogen-bond acceptors (Lipinski definition) is 2. The van der Waals surface area contributed by atoms with Crippen LogP contribution in [-0.2, 0) is 4.79 Å². The summed E-state index contributed by atoms with van der Waals surface area (Å²) in [4.78, 5) is 10.2. The Balaban J connectivity index is 0. The Bertz CT molecular complexity index is 207. The Hall–Kier alpha value is 0.392. The maximum atomic E-state index is 10.2. The van der Waals surface area contributed by atoms with Crippen LogP contribution >= 0.6 is 0 Å². The van der Waals surface area contributed by atoms with Gasteiger partial charge in [0.2, 0.25) is 0 Å². The second-order valence-corrected chi connectivity index (χ2v) is 6.07. The first-order chi connectivity index (χ1) is 9.77. The van der Waals surface area contributed by atoms with Crippen LogP contribution in [0.25, 0.3) is 0 Å². The van der Waals surface area contributed by atoms with Crippen molar-refractivity contribution in [3.8, 4) is 0 Å². The van der Waals surface area contributed by atoms with Crippen LogP contribution in [0.5, 0.6) is 0 Å². The molecule has 3 heteroatoms. The molecule has 0 aromatic carbocycles. The number of carboxylic acids is 1. The van der Waals surface area contributed by atoms with Gasteiger partial charge in [0.05, 0.1) is 0 Å². The summed E-state index contributed by atoms with van der Waals surface area (Å²) >= 11 is 0. The maximum absolute atomic E-state index is 10.2. The van der Waals surface area contributed by atoms with Crippen molar-refractivity contribution in [3.63, 3.8) is 0 Å². The molecule has 0 spiro atoms. The molecule has 0 amide bonds. The van der Waals surface area contributed by atoms with E-state index in [1.165, 1.54) is 83.5 Å². The monoisotopic (exact) mass is 491 g/mol. The molecule has 0 aliphatic heterocycles. The molecule has 0 heterocycles. The zero-order valence-corrected chi connectivity index (χ0v) is 18.0. The molecule has 4 radical (unpaired) electrons. The minimum absolute atomic E-state index is 0. The molecule has 0 saturated carbocycles. The van der Waals surface area contributed by atoms with Crippen molar-refractivity contribution in [3.05, 3.63) is 0 Å². The van der Waals surface area contributed by atoms with E-state index in [2.05, 4.69) is 6.92 Å². The predicted molar refractivity (Wildman–Crippen MR) is 90.3 cm³/mol. The van der Waals surface area contributed by atoms with E-state index in [4.69, 9.17) is 0 Å². The molecule has 0 saturated heterocycles. The first-order valence-corrected chi connectivity index (χ1v) is 8.97. The fourth-order valence-electron chi connectivity index (χ4n) is 2.64. The second kappa shape index (κ2) is 20.4. The third kappa shape index (κ3) is 22.8. The standard InChI is InChI=1S/C18H36O2.Pb/c1-2-3-4-5-6-7-8-9-10-11-12-13-14-15-16-17-18(19)20;/h2-17H2,1H3,(H,19,20);/p-1. The zero-order valence-electron chi connectivity index (χ0n) is 14.1. The third-order valence-corrected chi connectivity index (χ3v) is 3.98.